The van der Waals surface area contributed by atoms with Crippen molar-refractivity contribution in [3.05, 3.63) is 35.1 Å². The molecule has 1 N–H and O–H groups in total. The third-order valence-electron chi connectivity index (χ3n) is 5.07. The first-order chi connectivity index (χ1) is 14.0. The minimum atomic E-state index is -0.187. The number of rotatable bonds is 6. The van der Waals surface area contributed by atoms with Crippen LogP contribution < -0.4 is 19.5 Å². The first-order valence-electron chi connectivity index (χ1n) is 9.19. The molecule has 8 nitrogen and oxygen atoms in total. The predicted octanol–water partition coefficient (Wildman–Crippen LogP) is 3.08. The Morgan fingerprint density at radius 1 is 1.28 bits per heavy atom. The second-order valence-electron chi connectivity index (χ2n) is 6.88. The van der Waals surface area contributed by atoms with Crippen LogP contribution in [-0.2, 0) is 4.79 Å². The lowest BCUT2D eigenvalue weighted by atomic mass is 10.0. The summed E-state index contributed by atoms with van der Waals surface area (Å²) in [6.07, 6.45) is 3.80. The van der Waals surface area contributed by atoms with E-state index in [1.165, 1.54) is 0 Å². The Morgan fingerprint density at radius 3 is 2.76 bits per heavy atom. The van der Waals surface area contributed by atoms with Crippen LogP contribution in [0.3, 0.4) is 0 Å². The van der Waals surface area contributed by atoms with Crippen LogP contribution in [0.5, 0.6) is 17.4 Å². The second kappa shape index (κ2) is 7.90. The van der Waals surface area contributed by atoms with Gasteiger partial charge in [0.2, 0.25) is 11.8 Å². The number of nitrogens with zero attached hydrogens (tertiary/aromatic N) is 3. The molecule has 3 aromatic rings. The van der Waals surface area contributed by atoms with Crippen LogP contribution in [0, 0.1) is 5.92 Å². The van der Waals surface area contributed by atoms with Crippen molar-refractivity contribution in [2.75, 3.05) is 20.8 Å². The highest BCUT2D eigenvalue weighted by atomic mass is 79.9. The van der Waals surface area contributed by atoms with Crippen molar-refractivity contribution in [2.45, 2.75) is 19.4 Å². The summed E-state index contributed by atoms with van der Waals surface area (Å²) < 4.78 is 19.4. The molecular weight excluding hydrogens is 440 g/mol. The van der Waals surface area contributed by atoms with Gasteiger partial charge in [-0.1, -0.05) is 0 Å². The molecule has 0 saturated carbocycles. The Kier molecular flexibility index (Phi) is 5.31. The molecule has 9 heteroatoms. The van der Waals surface area contributed by atoms with Gasteiger partial charge in [0.25, 0.3) is 0 Å². The number of hydrogen-bond donors (Lipinski definition) is 1. The lowest BCUT2D eigenvalue weighted by Crippen LogP contribution is -2.26. The summed E-state index contributed by atoms with van der Waals surface area (Å²) in [6, 6.07) is 5.59. The Hall–Kier alpha value is -2.81. The van der Waals surface area contributed by atoms with E-state index in [0.717, 1.165) is 15.6 Å². The Bertz CT molecular complexity index is 1070. The Balaban J connectivity index is 1.74. The molecule has 1 unspecified atom stereocenters. The SMILES string of the molecule is COc1ccc(-c2cn3ncc(Br)c3c(OC(C)[C@H]3CNC(=O)C3)n2)cc1OC. The first kappa shape index (κ1) is 19.5. The number of carbonyl (C=O) groups excluding carboxylic acids is 1. The number of amides is 1. The zero-order chi connectivity index (χ0) is 20.5. The van der Waals surface area contributed by atoms with E-state index in [1.54, 1.807) is 24.9 Å². The highest BCUT2D eigenvalue weighted by Crippen LogP contribution is 2.35. The number of ether oxygens (including phenoxy) is 3. The Labute approximate surface area is 176 Å². The molecule has 3 heterocycles. The van der Waals surface area contributed by atoms with Gasteiger partial charge in [0, 0.05) is 24.4 Å². The number of nitrogens with one attached hydrogen (secondary N) is 1. The van der Waals surface area contributed by atoms with E-state index in [1.807, 2.05) is 31.3 Å². The fourth-order valence-corrected chi connectivity index (χ4v) is 3.84. The van der Waals surface area contributed by atoms with Crippen molar-refractivity contribution in [3.63, 3.8) is 0 Å². The highest BCUT2D eigenvalue weighted by Gasteiger charge is 2.29. The average molecular weight is 461 g/mol. The summed E-state index contributed by atoms with van der Waals surface area (Å²) >= 11 is 3.52. The van der Waals surface area contributed by atoms with Gasteiger partial charge >= 0.3 is 0 Å². The second-order valence-corrected chi connectivity index (χ2v) is 7.73. The van der Waals surface area contributed by atoms with Crippen LogP contribution in [0.1, 0.15) is 13.3 Å². The normalized spacial score (nSPS) is 17.2. The van der Waals surface area contributed by atoms with Gasteiger partial charge in [-0.2, -0.15) is 5.10 Å². The quantitative estimate of drug-likeness (QED) is 0.607. The third kappa shape index (κ3) is 3.74. The van der Waals surface area contributed by atoms with Gasteiger partial charge < -0.3 is 19.5 Å². The number of halogens is 1. The number of aromatic nitrogens is 3. The van der Waals surface area contributed by atoms with Gasteiger partial charge in [-0.25, -0.2) is 9.50 Å². The summed E-state index contributed by atoms with van der Waals surface area (Å²) in [5.41, 5.74) is 2.25. The highest BCUT2D eigenvalue weighted by molar-refractivity contribution is 9.10. The minimum Gasteiger partial charge on any atom is -0.493 e. The molecule has 0 radical (unpaired) electrons. The molecule has 2 aromatic heterocycles. The molecule has 1 aromatic carbocycles. The zero-order valence-corrected chi connectivity index (χ0v) is 17.9. The first-order valence-corrected chi connectivity index (χ1v) is 9.99. The standard InChI is InChI=1S/C20H21BrN4O4/c1-11(13-7-18(26)22-8-13)29-20-19-14(21)9-23-25(19)10-15(24-20)12-4-5-16(27-2)17(6-12)28-3/h4-6,9-11,13H,7-8H2,1-3H3,(H,22,26)/t11?,13-/m1/s1. The van der Waals surface area contributed by atoms with Crippen LogP contribution in [-0.4, -0.2) is 47.4 Å². The van der Waals surface area contributed by atoms with Crippen LogP contribution in [0.15, 0.2) is 35.1 Å². The average Bonchev–Trinajstić information content (AvgIpc) is 3.33. The van der Waals surface area contributed by atoms with Crippen molar-refractivity contribution in [1.29, 1.82) is 0 Å². The zero-order valence-electron chi connectivity index (χ0n) is 16.3. The van der Waals surface area contributed by atoms with Crippen molar-refractivity contribution >= 4 is 27.4 Å². The summed E-state index contributed by atoms with van der Waals surface area (Å²) in [6.45, 7) is 2.56. The van der Waals surface area contributed by atoms with Crippen LogP contribution >= 0.6 is 15.9 Å². The van der Waals surface area contributed by atoms with E-state index in [4.69, 9.17) is 19.2 Å². The maximum absolute atomic E-state index is 11.6. The molecule has 29 heavy (non-hydrogen) atoms. The van der Waals surface area contributed by atoms with E-state index in [2.05, 4.69) is 26.3 Å². The van der Waals surface area contributed by atoms with E-state index in [-0.39, 0.29) is 17.9 Å². The lowest BCUT2D eigenvalue weighted by Gasteiger charge is -2.20. The summed E-state index contributed by atoms with van der Waals surface area (Å²) in [7, 11) is 3.19. The molecule has 1 saturated heterocycles. The summed E-state index contributed by atoms with van der Waals surface area (Å²) in [4.78, 5) is 16.3. The van der Waals surface area contributed by atoms with Gasteiger partial charge in [-0.3, -0.25) is 4.79 Å². The number of carbonyl (C=O) groups is 1. The number of hydrogen-bond acceptors (Lipinski definition) is 6. The van der Waals surface area contributed by atoms with Crippen molar-refractivity contribution in [3.8, 4) is 28.6 Å². The van der Waals surface area contributed by atoms with Crippen LogP contribution in [0.2, 0.25) is 0 Å². The van der Waals surface area contributed by atoms with Gasteiger partial charge in [0.05, 0.1) is 36.8 Å². The monoisotopic (exact) mass is 460 g/mol. The molecule has 1 amide bonds. The van der Waals surface area contributed by atoms with Gasteiger partial charge in [0.1, 0.15) is 11.6 Å². The maximum Gasteiger partial charge on any atom is 0.242 e. The molecular formula is C20H21BrN4O4. The van der Waals surface area contributed by atoms with Crippen LogP contribution in [0.25, 0.3) is 16.8 Å². The fraction of sp³-hybridized carbons (Fsp3) is 0.350. The van der Waals surface area contributed by atoms with E-state index in [9.17, 15) is 4.79 Å². The number of methoxy groups -OCH3 is 2. The molecule has 0 aliphatic carbocycles. The molecule has 2 atom stereocenters. The Morgan fingerprint density at radius 2 is 2.07 bits per heavy atom. The number of benzene rings is 1. The van der Waals surface area contributed by atoms with Crippen molar-refractivity contribution < 1.29 is 19.0 Å². The molecule has 4 rings (SSSR count). The minimum absolute atomic E-state index is 0.0492. The fourth-order valence-electron chi connectivity index (χ4n) is 3.39. The molecule has 152 valence electrons. The third-order valence-corrected chi connectivity index (χ3v) is 5.65. The molecule has 1 fully saturated rings. The maximum atomic E-state index is 11.6. The van der Waals surface area contributed by atoms with E-state index in [0.29, 0.717) is 36.0 Å². The van der Waals surface area contributed by atoms with Crippen molar-refractivity contribution in [2.24, 2.45) is 5.92 Å². The van der Waals surface area contributed by atoms with E-state index >= 15 is 0 Å². The molecule has 0 spiro atoms. The predicted molar refractivity (Wildman–Crippen MR) is 110 cm³/mol. The largest absolute Gasteiger partial charge is 0.493 e. The van der Waals surface area contributed by atoms with E-state index < -0.39 is 0 Å². The topological polar surface area (TPSA) is 87.0 Å². The van der Waals surface area contributed by atoms with Gasteiger partial charge in [0.15, 0.2) is 11.5 Å². The molecule has 1 aliphatic heterocycles. The summed E-state index contributed by atoms with van der Waals surface area (Å²) in [5.74, 6) is 1.85. The number of fused-ring (bicyclic) bond motifs is 1. The van der Waals surface area contributed by atoms with Gasteiger partial charge in [-0.05, 0) is 41.1 Å². The molecule has 0 bridgehead atoms. The van der Waals surface area contributed by atoms with Crippen molar-refractivity contribution in [1.82, 2.24) is 19.9 Å². The lowest BCUT2D eigenvalue weighted by molar-refractivity contribution is -0.119. The molecule has 1 aliphatic rings. The van der Waals surface area contributed by atoms with Gasteiger partial charge in [-0.15, -0.1) is 0 Å². The smallest absolute Gasteiger partial charge is 0.242 e. The summed E-state index contributed by atoms with van der Waals surface area (Å²) in [5, 5.41) is 7.23. The van der Waals surface area contributed by atoms with Crippen LogP contribution in [0.4, 0.5) is 0 Å².